The van der Waals surface area contributed by atoms with Crippen LogP contribution in [0.15, 0.2) is 5.10 Å². The highest BCUT2D eigenvalue weighted by Crippen LogP contribution is 2.06. The Hall–Kier alpha value is -1.57. The standard InChI is InChI=1S/C11H17N3O4S/c1-2-19-6-5-8(11(17)18)12-10(16)7-3-4-9(15)14-13-7/h8H,2-6H2,1H3,(H,12,16)(H,14,15)(H,17,18). The van der Waals surface area contributed by atoms with E-state index in [1.165, 1.54) is 0 Å². The number of carbonyl (C=O) groups excluding carboxylic acids is 2. The number of nitrogens with one attached hydrogen (secondary N) is 2. The number of thioether (sulfide) groups is 1. The molecule has 1 atom stereocenters. The van der Waals surface area contributed by atoms with E-state index in [4.69, 9.17) is 5.11 Å². The average molecular weight is 287 g/mol. The molecule has 1 rings (SSSR count). The summed E-state index contributed by atoms with van der Waals surface area (Å²) in [5.41, 5.74) is 2.37. The summed E-state index contributed by atoms with van der Waals surface area (Å²) < 4.78 is 0. The lowest BCUT2D eigenvalue weighted by Gasteiger charge is -2.16. The molecule has 0 saturated carbocycles. The number of hydrazone groups is 1. The monoisotopic (exact) mass is 287 g/mol. The molecule has 0 bridgehead atoms. The van der Waals surface area contributed by atoms with Crippen LogP contribution in [0.25, 0.3) is 0 Å². The number of carbonyl (C=O) groups is 3. The van der Waals surface area contributed by atoms with Gasteiger partial charge in [0.05, 0.1) is 0 Å². The van der Waals surface area contributed by atoms with Crippen LogP contribution in [0.1, 0.15) is 26.2 Å². The van der Waals surface area contributed by atoms with Gasteiger partial charge in [-0.05, 0) is 17.9 Å². The number of carboxylic acid groups (broad SMARTS) is 1. The van der Waals surface area contributed by atoms with Crippen LogP contribution in [0.3, 0.4) is 0 Å². The number of carboxylic acids is 1. The fourth-order valence-corrected chi connectivity index (χ4v) is 2.17. The lowest BCUT2D eigenvalue weighted by molar-refractivity contribution is -0.141. The highest BCUT2D eigenvalue weighted by Gasteiger charge is 2.24. The summed E-state index contributed by atoms with van der Waals surface area (Å²) in [6.45, 7) is 1.98. The molecule has 1 aliphatic heterocycles. The van der Waals surface area contributed by atoms with Gasteiger partial charge in [0.2, 0.25) is 5.91 Å². The van der Waals surface area contributed by atoms with E-state index in [0.29, 0.717) is 12.2 Å². The Labute approximate surface area is 115 Å². The lowest BCUT2D eigenvalue weighted by atomic mass is 10.1. The van der Waals surface area contributed by atoms with Crippen LogP contribution in [0, 0.1) is 0 Å². The fourth-order valence-electron chi connectivity index (χ4n) is 1.48. The Morgan fingerprint density at radius 3 is 2.79 bits per heavy atom. The summed E-state index contributed by atoms with van der Waals surface area (Å²) in [7, 11) is 0. The van der Waals surface area contributed by atoms with Crippen LogP contribution in [-0.4, -0.2) is 46.1 Å². The summed E-state index contributed by atoms with van der Waals surface area (Å²) in [5, 5.41) is 15.1. The number of hydrogen-bond donors (Lipinski definition) is 3. The van der Waals surface area contributed by atoms with Crippen LogP contribution >= 0.6 is 11.8 Å². The van der Waals surface area contributed by atoms with Crippen molar-refractivity contribution in [3.63, 3.8) is 0 Å². The first kappa shape index (κ1) is 15.5. The second-order valence-electron chi connectivity index (χ2n) is 3.94. The largest absolute Gasteiger partial charge is 0.480 e. The molecule has 1 heterocycles. The van der Waals surface area contributed by atoms with E-state index in [1.54, 1.807) is 11.8 Å². The minimum Gasteiger partial charge on any atom is -0.480 e. The van der Waals surface area contributed by atoms with Gasteiger partial charge in [-0.15, -0.1) is 0 Å². The maximum absolute atomic E-state index is 11.8. The number of amides is 2. The van der Waals surface area contributed by atoms with Crippen LogP contribution in [-0.2, 0) is 14.4 Å². The summed E-state index contributed by atoms with van der Waals surface area (Å²) in [5.74, 6) is -0.277. The zero-order valence-electron chi connectivity index (χ0n) is 10.6. The molecule has 0 fully saturated rings. The zero-order valence-corrected chi connectivity index (χ0v) is 11.5. The SMILES string of the molecule is CCSCCC(NC(=O)C1=NNC(=O)CC1)C(=O)O. The van der Waals surface area contributed by atoms with Crippen molar-refractivity contribution in [2.45, 2.75) is 32.2 Å². The smallest absolute Gasteiger partial charge is 0.326 e. The molecule has 0 aromatic rings. The number of rotatable bonds is 7. The van der Waals surface area contributed by atoms with E-state index in [0.717, 1.165) is 5.75 Å². The van der Waals surface area contributed by atoms with Gasteiger partial charge in [0.1, 0.15) is 11.8 Å². The first-order chi connectivity index (χ1) is 9.04. The van der Waals surface area contributed by atoms with E-state index in [1.807, 2.05) is 6.92 Å². The van der Waals surface area contributed by atoms with Gasteiger partial charge in [0.15, 0.2) is 0 Å². The van der Waals surface area contributed by atoms with Crippen LogP contribution < -0.4 is 10.7 Å². The first-order valence-corrected chi connectivity index (χ1v) is 7.17. The van der Waals surface area contributed by atoms with Crippen LogP contribution in [0.5, 0.6) is 0 Å². The molecular weight excluding hydrogens is 270 g/mol. The predicted molar refractivity (Wildman–Crippen MR) is 72.0 cm³/mol. The normalized spacial score (nSPS) is 16.3. The molecule has 2 amide bonds. The molecule has 106 valence electrons. The van der Waals surface area contributed by atoms with Gasteiger partial charge in [-0.3, -0.25) is 9.59 Å². The number of hydrogen-bond acceptors (Lipinski definition) is 5. The Bertz CT molecular complexity index is 397. The Kier molecular flexibility index (Phi) is 6.34. The minimum absolute atomic E-state index is 0.161. The summed E-state index contributed by atoms with van der Waals surface area (Å²) in [6.07, 6.45) is 0.780. The predicted octanol–water partition coefficient (Wildman–Crippen LogP) is -0.0350. The summed E-state index contributed by atoms with van der Waals surface area (Å²) in [4.78, 5) is 33.7. The van der Waals surface area contributed by atoms with E-state index < -0.39 is 17.9 Å². The molecule has 7 nitrogen and oxygen atoms in total. The molecule has 0 saturated heterocycles. The summed E-state index contributed by atoms with van der Waals surface area (Å²) in [6, 6.07) is -0.924. The molecule has 3 N–H and O–H groups in total. The van der Waals surface area contributed by atoms with Crippen molar-refractivity contribution in [1.82, 2.24) is 10.7 Å². The maximum atomic E-state index is 11.8. The van der Waals surface area contributed by atoms with Crippen molar-refractivity contribution < 1.29 is 19.5 Å². The highest BCUT2D eigenvalue weighted by atomic mass is 32.2. The second kappa shape index (κ2) is 7.78. The Balaban J connectivity index is 2.51. The van der Waals surface area contributed by atoms with E-state index in [2.05, 4.69) is 15.8 Å². The molecular formula is C11H17N3O4S. The molecule has 8 heteroatoms. The van der Waals surface area contributed by atoms with Gasteiger partial charge in [-0.1, -0.05) is 6.92 Å². The molecule has 0 aromatic carbocycles. The fraction of sp³-hybridized carbons (Fsp3) is 0.636. The third-order valence-corrected chi connectivity index (χ3v) is 3.46. The highest BCUT2D eigenvalue weighted by molar-refractivity contribution is 7.99. The number of nitrogens with zero attached hydrogens (tertiary/aromatic N) is 1. The van der Waals surface area contributed by atoms with Gasteiger partial charge in [0, 0.05) is 12.8 Å². The minimum atomic E-state index is -1.06. The molecule has 0 spiro atoms. The number of aliphatic carboxylic acids is 1. The quantitative estimate of drug-likeness (QED) is 0.570. The summed E-state index contributed by atoms with van der Waals surface area (Å²) >= 11 is 1.61. The molecule has 19 heavy (non-hydrogen) atoms. The topological polar surface area (TPSA) is 108 Å². The average Bonchev–Trinajstić information content (AvgIpc) is 2.38. The van der Waals surface area contributed by atoms with Crippen molar-refractivity contribution in [2.75, 3.05) is 11.5 Å². The van der Waals surface area contributed by atoms with E-state index in [9.17, 15) is 14.4 Å². The van der Waals surface area contributed by atoms with Gasteiger partial charge in [-0.2, -0.15) is 16.9 Å². The second-order valence-corrected chi connectivity index (χ2v) is 5.34. The van der Waals surface area contributed by atoms with E-state index >= 15 is 0 Å². The Morgan fingerprint density at radius 1 is 1.53 bits per heavy atom. The van der Waals surface area contributed by atoms with Gasteiger partial charge >= 0.3 is 5.97 Å². The van der Waals surface area contributed by atoms with Crippen molar-refractivity contribution in [1.29, 1.82) is 0 Å². The van der Waals surface area contributed by atoms with Crippen molar-refractivity contribution in [3.05, 3.63) is 0 Å². The molecule has 1 aliphatic rings. The lowest BCUT2D eigenvalue weighted by Crippen LogP contribution is -2.45. The third-order valence-electron chi connectivity index (χ3n) is 2.52. The maximum Gasteiger partial charge on any atom is 0.326 e. The first-order valence-electron chi connectivity index (χ1n) is 6.01. The van der Waals surface area contributed by atoms with Gasteiger partial charge < -0.3 is 10.4 Å². The van der Waals surface area contributed by atoms with Crippen LogP contribution in [0.2, 0.25) is 0 Å². The Morgan fingerprint density at radius 2 is 2.26 bits per heavy atom. The zero-order chi connectivity index (χ0) is 14.3. The molecule has 1 unspecified atom stereocenters. The molecule has 0 radical (unpaired) electrons. The molecule has 0 aromatic heterocycles. The van der Waals surface area contributed by atoms with Crippen LogP contribution in [0.4, 0.5) is 0 Å². The van der Waals surface area contributed by atoms with Crippen molar-refractivity contribution in [2.24, 2.45) is 5.10 Å². The van der Waals surface area contributed by atoms with Crippen molar-refractivity contribution >= 4 is 35.3 Å². The van der Waals surface area contributed by atoms with Gasteiger partial charge in [0.25, 0.3) is 5.91 Å². The molecule has 0 aliphatic carbocycles. The third kappa shape index (κ3) is 5.29. The van der Waals surface area contributed by atoms with Gasteiger partial charge in [-0.25, -0.2) is 10.2 Å². The van der Waals surface area contributed by atoms with E-state index in [-0.39, 0.29) is 24.5 Å². The van der Waals surface area contributed by atoms with Crippen molar-refractivity contribution in [3.8, 4) is 0 Å².